The van der Waals surface area contributed by atoms with Gasteiger partial charge in [-0.15, -0.1) is 0 Å². The Hall–Kier alpha value is -1.43. The number of rotatable bonds is 4. The summed E-state index contributed by atoms with van der Waals surface area (Å²) >= 11 is 0. The number of carbonyl (C=O) groups is 1. The van der Waals surface area contributed by atoms with Gasteiger partial charge in [0, 0.05) is 11.3 Å². The highest BCUT2D eigenvalue weighted by molar-refractivity contribution is 5.92. The minimum Gasteiger partial charge on any atom is -0.346 e. The van der Waals surface area contributed by atoms with Gasteiger partial charge in [-0.1, -0.05) is 12.1 Å². The van der Waals surface area contributed by atoms with Gasteiger partial charge in [-0.3, -0.25) is 4.79 Å². The van der Waals surface area contributed by atoms with E-state index in [1.807, 2.05) is 24.3 Å². The van der Waals surface area contributed by atoms with E-state index < -0.39 is 0 Å². The lowest BCUT2D eigenvalue weighted by Gasteiger charge is -2.10. The van der Waals surface area contributed by atoms with Crippen LogP contribution in [0.5, 0.6) is 0 Å². The van der Waals surface area contributed by atoms with E-state index in [-0.39, 0.29) is 12.2 Å². The molecule has 0 radical (unpaired) electrons. The molecule has 1 aromatic carbocycles. The van der Waals surface area contributed by atoms with Crippen molar-refractivity contribution in [2.24, 2.45) is 0 Å². The van der Waals surface area contributed by atoms with Crippen LogP contribution in [0.2, 0.25) is 0 Å². The lowest BCUT2D eigenvalue weighted by molar-refractivity contribution is -0.115. The Morgan fingerprint density at radius 1 is 1.29 bits per heavy atom. The molecule has 1 heterocycles. The number of nitrogens with one attached hydrogen (secondary N) is 2. The van der Waals surface area contributed by atoms with Crippen LogP contribution in [0.4, 0.5) is 5.69 Å². The zero-order chi connectivity index (χ0) is 12.1. The Bertz CT molecular complexity index is 372. The summed E-state index contributed by atoms with van der Waals surface area (Å²) in [5.74, 6) is -0.0615. The SMILES string of the molecule is CNCC(=O)Nc1ccc(C2OCCO2)cc1. The van der Waals surface area contributed by atoms with E-state index in [1.165, 1.54) is 0 Å². The van der Waals surface area contributed by atoms with Crippen LogP contribution in [0.25, 0.3) is 0 Å². The maximum absolute atomic E-state index is 11.3. The van der Waals surface area contributed by atoms with E-state index in [0.29, 0.717) is 19.8 Å². The average Bonchev–Trinajstić information content (AvgIpc) is 2.84. The zero-order valence-electron chi connectivity index (χ0n) is 9.73. The molecular weight excluding hydrogens is 220 g/mol. The van der Waals surface area contributed by atoms with Gasteiger partial charge in [0.05, 0.1) is 19.8 Å². The summed E-state index contributed by atoms with van der Waals surface area (Å²) in [4.78, 5) is 11.3. The predicted octanol–water partition coefficient (Wildman–Crippen LogP) is 0.890. The molecule has 1 amide bonds. The molecule has 2 rings (SSSR count). The van der Waals surface area contributed by atoms with E-state index in [0.717, 1.165) is 11.3 Å². The second-order valence-electron chi connectivity index (χ2n) is 3.77. The monoisotopic (exact) mass is 236 g/mol. The highest BCUT2D eigenvalue weighted by Crippen LogP contribution is 2.24. The summed E-state index contributed by atoms with van der Waals surface area (Å²) in [5, 5.41) is 5.57. The minimum absolute atomic E-state index is 0.0615. The average molecular weight is 236 g/mol. The normalized spacial score (nSPS) is 16.1. The van der Waals surface area contributed by atoms with Crippen LogP contribution in [0.3, 0.4) is 0 Å². The molecule has 92 valence electrons. The van der Waals surface area contributed by atoms with E-state index in [2.05, 4.69) is 10.6 Å². The number of ether oxygens (including phenoxy) is 2. The molecule has 1 fully saturated rings. The molecule has 0 aliphatic carbocycles. The van der Waals surface area contributed by atoms with Gasteiger partial charge in [0.25, 0.3) is 0 Å². The van der Waals surface area contributed by atoms with Gasteiger partial charge < -0.3 is 20.1 Å². The van der Waals surface area contributed by atoms with Crippen LogP contribution < -0.4 is 10.6 Å². The van der Waals surface area contributed by atoms with Gasteiger partial charge >= 0.3 is 0 Å². The lowest BCUT2D eigenvalue weighted by atomic mass is 10.2. The fourth-order valence-electron chi connectivity index (χ4n) is 1.64. The van der Waals surface area contributed by atoms with Crippen molar-refractivity contribution in [3.05, 3.63) is 29.8 Å². The summed E-state index contributed by atoms with van der Waals surface area (Å²) in [7, 11) is 1.73. The number of benzene rings is 1. The molecule has 17 heavy (non-hydrogen) atoms. The highest BCUT2D eigenvalue weighted by Gasteiger charge is 2.17. The van der Waals surface area contributed by atoms with Gasteiger partial charge in [0.15, 0.2) is 6.29 Å². The Kier molecular flexibility index (Phi) is 4.08. The molecule has 0 saturated carbocycles. The second kappa shape index (κ2) is 5.77. The van der Waals surface area contributed by atoms with Crippen LogP contribution >= 0.6 is 0 Å². The van der Waals surface area contributed by atoms with Crippen molar-refractivity contribution in [2.45, 2.75) is 6.29 Å². The van der Waals surface area contributed by atoms with Crippen molar-refractivity contribution >= 4 is 11.6 Å². The molecule has 1 aromatic rings. The first kappa shape index (κ1) is 12.0. The first-order valence-electron chi connectivity index (χ1n) is 5.57. The van der Waals surface area contributed by atoms with E-state index in [4.69, 9.17) is 9.47 Å². The maximum atomic E-state index is 11.3. The molecule has 5 nitrogen and oxygen atoms in total. The van der Waals surface area contributed by atoms with Crippen molar-refractivity contribution < 1.29 is 14.3 Å². The number of anilines is 1. The van der Waals surface area contributed by atoms with Crippen LogP contribution in [0.1, 0.15) is 11.9 Å². The third-order valence-electron chi connectivity index (χ3n) is 2.43. The Morgan fingerprint density at radius 2 is 1.94 bits per heavy atom. The van der Waals surface area contributed by atoms with Crippen LogP contribution in [-0.4, -0.2) is 32.7 Å². The molecule has 0 atom stereocenters. The topological polar surface area (TPSA) is 59.6 Å². The highest BCUT2D eigenvalue weighted by atomic mass is 16.7. The molecule has 0 spiro atoms. The molecule has 0 bridgehead atoms. The number of hydrogen-bond acceptors (Lipinski definition) is 4. The molecule has 2 N–H and O–H groups in total. The summed E-state index contributed by atoms with van der Waals surface area (Å²) in [5.41, 5.74) is 1.74. The molecule has 0 unspecified atom stereocenters. The largest absolute Gasteiger partial charge is 0.346 e. The van der Waals surface area contributed by atoms with E-state index >= 15 is 0 Å². The van der Waals surface area contributed by atoms with E-state index in [1.54, 1.807) is 7.05 Å². The van der Waals surface area contributed by atoms with Crippen LogP contribution in [0.15, 0.2) is 24.3 Å². The second-order valence-corrected chi connectivity index (χ2v) is 3.77. The number of likely N-dealkylation sites (N-methyl/N-ethyl adjacent to an activating group) is 1. The van der Waals surface area contributed by atoms with Gasteiger partial charge in [-0.2, -0.15) is 0 Å². The Morgan fingerprint density at radius 3 is 2.53 bits per heavy atom. The van der Waals surface area contributed by atoms with Crippen LogP contribution in [0, 0.1) is 0 Å². The quantitative estimate of drug-likeness (QED) is 0.815. The fraction of sp³-hybridized carbons (Fsp3) is 0.417. The Labute approximate surface area is 100 Å². The van der Waals surface area contributed by atoms with Crippen molar-refractivity contribution in [3.63, 3.8) is 0 Å². The first-order chi connectivity index (χ1) is 8.29. The number of carbonyl (C=O) groups excluding carboxylic acids is 1. The summed E-state index contributed by atoms with van der Waals surface area (Å²) < 4.78 is 10.8. The van der Waals surface area contributed by atoms with Gasteiger partial charge in [0.1, 0.15) is 0 Å². The maximum Gasteiger partial charge on any atom is 0.238 e. The lowest BCUT2D eigenvalue weighted by Crippen LogP contribution is -2.25. The van der Waals surface area contributed by atoms with Gasteiger partial charge in [-0.25, -0.2) is 0 Å². The molecule has 5 heteroatoms. The first-order valence-corrected chi connectivity index (χ1v) is 5.57. The van der Waals surface area contributed by atoms with Crippen LogP contribution in [-0.2, 0) is 14.3 Å². The fourth-order valence-corrected chi connectivity index (χ4v) is 1.64. The number of hydrogen-bond donors (Lipinski definition) is 2. The summed E-state index contributed by atoms with van der Waals surface area (Å²) in [6.45, 7) is 1.56. The van der Waals surface area contributed by atoms with Gasteiger partial charge in [-0.05, 0) is 19.2 Å². The third-order valence-corrected chi connectivity index (χ3v) is 2.43. The summed E-state index contributed by atoms with van der Waals surface area (Å²) in [6, 6.07) is 7.47. The van der Waals surface area contributed by atoms with Crippen molar-refractivity contribution in [1.82, 2.24) is 5.32 Å². The van der Waals surface area contributed by atoms with E-state index in [9.17, 15) is 4.79 Å². The smallest absolute Gasteiger partial charge is 0.238 e. The molecule has 1 aliphatic rings. The van der Waals surface area contributed by atoms with Crippen molar-refractivity contribution in [3.8, 4) is 0 Å². The van der Waals surface area contributed by atoms with Crippen molar-refractivity contribution in [2.75, 3.05) is 32.1 Å². The predicted molar refractivity (Wildman–Crippen MR) is 63.6 cm³/mol. The molecule has 1 saturated heterocycles. The number of amides is 1. The standard InChI is InChI=1S/C12H16N2O3/c1-13-8-11(15)14-10-4-2-9(3-5-10)12-16-6-7-17-12/h2-5,12-13H,6-8H2,1H3,(H,14,15). The molecule has 0 aromatic heterocycles. The molecule has 1 aliphatic heterocycles. The van der Waals surface area contributed by atoms with Gasteiger partial charge in [0.2, 0.25) is 5.91 Å². The minimum atomic E-state index is -0.267. The Balaban J connectivity index is 1.95. The van der Waals surface area contributed by atoms with Crippen molar-refractivity contribution in [1.29, 1.82) is 0 Å². The molecular formula is C12H16N2O3. The zero-order valence-corrected chi connectivity index (χ0v) is 9.73. The summed E-state index contributed by atoms with van der Waals surface area (Å²) in [6.07, 6.45) is -0.267. The third kappa shape index (κ3) is 3.26.